The number of carbonyl (C=O) groups excluding carboxylic acids is 3. The molecule has 1 aliphatic carbocycles. The highest BCUT2D eigenvalue weighted by Crippen LogP contribution is 2.38. The highest BCUT2D eigenvalue weighted by Gasteiger charge is 2.44. The molecule has 0 radical (unpaired) electrons. The van der Waals surface area contributed by atoms with Crippen molar-refractivity contribution >= 4 is 29.1 Å². The second-order valence-corrected chi connectivity index (χ2v) is 9.39. The number of nitrogens with one attached hydrogen (secondary N) is 1. The Labute approximate surface area is 181 Å². The van der Waals surface area contributed by atoms with E-state index < -0.39 is 11.8 Å². The first-order valence-electron chi connectivity index (χ1n) is 9.93. The van der Waals surface area contributed by atoms with Crippen molar-refractivity contribution in [3.63, 3.8) is 0 Å². The molecule has 1 aromatic carbocycles. The SMILES string of the molecule is Cc1cc(-c2ncc(Cl)cn2)cc(C)c1[C@H]1C(=O)C[C@H](CC(=O)NC(C)(C)C)C1=O. The normalized spacial score (nSPS) is 19.3. The van der Waals surface area contributed by atoms with Crippen LogP contribution in [0.25, 0.3) is 11.4 Å². The summed E-state index contributed by atoms with van der Waals surface area (Å²) in [5, 5.41) is 3.31. The van der Waals surface area contributed by atoms with Gasteiger partial charge in [0.25, 0.3) is 0 Å². The Hall–Kier alpha value is -2.60. The van der Waals surface area contributed by atoms with Gasteiger partial charge in [-0.05, 0) is 63.4 Å². The van der Waals surface area contributed by atoms with Gasteiger partial charge in [0, 0.05) is 42.3 Å². The number of rotatable bonds is 4. The molecule has 1 aromatic heterocycles. The molecular formula is C23H26ClN3O3. The maximum Gasteiger partial charge on any atom is 0.221 e. The van der Waals surface area contributed by atoms with Gasteiger partial charge in [-0.15, -0.1) is 0 Å². The second-order valence-electron chi connectivity index (χ2n) is 8.95. The number of nitrogens with zero attached hydrogens (tertiary/aromatic N) is 2. The lowest BCUT2D eigenvalue weighted by Crippen LogP contribution is -2.41. The van der Waals surface area contributed by atoms with Gasteiger partial charge in [0.15, 0.2) is 11.6 Å². The molecule has 1 amide bonds. The Morgan fingerprint density at radius 3 is 2.23 bits per heavy atom. The molecule has 1 N–H and O–H groups in total. The average molecular weight is 428 g/mol. The monoisotopic (exact) mass is 427 g/mol. The van der Waals surface area contributed by atoms with Crippen molar-refractivity contribution in [2.75, 3.05) is 0 Å². The minimum absolute atomic E-state index is 0.0349. The van der Waals surface area contributed by atoms with Gasteiger partial charge < -0.3 is 5.32 Å². The molecule has 30 heavy (non-hydrogen) atoms. The Balaban J connectivity index is 1.86. The first kappa shape index (κ1) is 22.1. The van der Waals surface area contributed by atoms with Crippen LogP contribution in [-0.2, 0) is 14.4 Å². The molecule has 0 unspecified atom stereocenters. The lowest BCUT2D eigenvalue weighted by molar-refractivity contribution is -0.129. The molecule has 0 bridgehead atoms. The zero-order valence-corrected chi connectivity index (χ0v) is 18.6. The van der Waals surface area contributed by atoms with Crippen LogP contribution in [0.15, 0.2) is 24.5 Å². The number of hydrogen-bond acceptors (Lipinski definition) is 5. The van der Waals surface area contributed by atoms with Gasteiger partial charge in [0.1, 0.15) is 11.7 Å². The number of aromatic nitrogens is 2. The minimum Gasteiger partial charge on any atom is -0.351 e. The van der Waals surface area contributed by atoms with Gasteiger partial charge in [0.2, 0.25) is 5.91 Å². The van der Waals surface area contributed by atoms with Crippen LogP contribution in [0.3, 0.4) is 0 Å². The van der Waals surface area contributed by atoms with Gasteiger partial charge in [0.05, 0.1) is 5.02 Å². The van der Waals surface area contributed by atoms with Crippen LogP contribution >= 0.6 is 11.6 Å². The number of Topliss-reactive ketones (excluding diaryl/α,β-unsaturated/α-hetero) is 2. The Kier molecular flexibility index (Phi) is 6.09. The summed E-state index contributed by atoms with van der Waals surface area (Å²) in [6.45, 7) is 9.40. The predicted octanol–water partition coefficient (Wildman–Crippen LogP) is 3.96. The summed E-state index contributed by atoms with van der Waals surface area (Å²) in [7, 11) is 0. The van der Waals surface area contributed by atoms with E-state index in [0.29, 0.717) is 10.8 Å². The van der Waals surface area contributed by atoms with Crippen molar-refractivity contribution in [2.45, 2.75) is 58.9 Å². The summed E-state index contributed by atoms with van der Waals surface area (Å²) in [5.41, 5.74) is 2.80. The van der Waals surface area contributed by atoms with Crippen LogP contribution in [0.2, 0.25) is 5.02 Å². The van der Waals surface area contributed by atoms with Crippen molar-refractivity contribution in [2.24, 2.45) is 5.92 Å². The lowest BCUT2D eigenvalue weighted by atomic mass is 9.86. The molecule has 2 atom stereocenters. The van der Waals surface area contributed by atoms with Crippen LogP contribution in [0.1, 0.15) is 56.2 Å². The van der Waals surface area contributed by atoms with Crippen molar-refractivity contribution in [3.8, 4) is 11.4 Å². The van der Waals surface area contributed by atoms with E-state index in [2.05, 4.69) is 15.3 Å². The fraction of sp³-hybridized carbons (Fsp3) is 0.435. The van der Waals surface area contributed by atoms with E-state index in [1.165, 1.54) is 12.4 Å². The zero-order valence-electron chi connectivity index (χ0n) is 17.9. The van der Waals surface area contributed by atoms with Crippen molar-refractivity contribution < 1.29 is 14.4 Å². The van der Waals surface area contributed by atoms with E-state index >= 15 is 0 Å². The molecular weight excluding hydrogens is 402 g/mol. The maximum absolute atomic E-state index is 13.1. The molecule has 1 aliphatic rings. The van der Waals surface area contributed by atoms with Crippen LogP contribution < -0.4 is 5.32 Å². The number of halogens is 1. The summed E-state index contributed by atoms with van der Waals surface area (Å²) in [6, 6.07) is 3.76. The number of hydrogen-bond donors (Lipinski definition) is 1. The van der Waals surface area contributed by atoms with E-state index in [4.69, 9.17) is 11.6 Å². The van der Waals surface area contributed by atoms with Gasteiger partial charge >= 0.3 is 0 Å². The van der Waals surface area contributed by atoms with Crippen molar-refractivity contribution in [1.29, 1.82) is 0 Å². The fourth-order valence-corrected chi connectivity index (χ4v) is 4.14. The van der Waals surface area contributed by atoms with E-state index in [0.717, 1.165) is 22.3 Å². The van der Waals surface area contributed by atoms with Crippen LogP contribution in [0.4, 0.5) is 0 Å². The molecule has 1 saturated carbocycles. The third-order valence-corrected chi connectivity index (χ3v) is 5.36. The van der Waals surface area contributed by atoms with Crippen molar-refractivity contribution in [1.82, 2.24) is 15.3 Å². The first-order chi connectivity index (χ1) is 14.0. The maximum atomic E-state index is 13.1. The van der Waals surface area contributed by atoms with Crippen molar-refractivity contribution in [3.05, 3.63) is 46.2 Å². The zero-order chi connectivity index (χ0) is 22.2. The van der Waals surface area contributed by atoms with E-state index in [-0.39, 0.29) is 35.9 Å². The highest BCUT2D eigenvalue weighted by molar-refractivity contribution is 6.30. The first-order valence-corrected chi connectivity index (χ1v) is 10.3. The van der Waals surface area contributed by atoms with E-state index in [1.807, 2.05) is 46.8 Å². The topological polar surface area (TPSA) is 89.0 Å². The van der Waals surface area contributed by atoms with Gasteiger partial charge in [-0.25, -0.2) is 9.97 Å². The largest absolute Gasteiger partial charge is 0.351 e. The van der Waals surface area contributed by atoms with Crippen LogP contribution in [0.5, 0.6) is 0 Å². The molecule has 6 nitrogen and oxygen atoms in total. The quantitative estimate of drug-likeness (QED) is 0.746. The smallest absolute Gasteiger partial charge is 0.221 e. The summed E-state index contributed by atoms with van der Waals surface area (Å²) < 4.78 is 0. The number of aryl methyl sites for hydroxylation is 2. The lowest BCUT2D eigenvalue weighted by Gasteiger charge is -2.21. The predicted molar refractivity (Wildman–Crippen MR) is 115 cm³/mol. The Morgan fingerprint density at radius 2 is 1.70 bits per heavy atom. The number of ketones is 2. The number of amides is 1. The molecule has 158 valence electrons. The standard InChI is InChI=1S/C23H26ClN3O3/c1-12-6-15(22-25-10-16(24)11-26-22)7-13(2)19(12)20-17(28)8-14(21(20)30)9-18(29)27-23(3,4)5/h6-7,10-11,14,20H,8-9H2,1-5H3,(H,27,29)/t14-,20-/m1/s1. The summed E-state index contributed by atoms with van der Waals surface area (Å²) in [4.78, 5) is 46.6. The minimum atomic E-state index is -0.822. The fourth-order valence-electron chi connectivity index (χ4n) is 4.05. The average Bonchev–Trinajstić information content (AvgIpc) is 2.87. The molecule has 3 rings (SSSR count). The molecule has 0 aliphatic heterocycles. The molecule has 0 spiro atoms. The molecule has 0 saturated heterocycles. The van der Waals surface area contributed by atoms with Gasteiger partial charge in [-0.2, -0.15) is 0 Å². The van der Waals surface area contributed by atoms with Gasteiger partial charge in [-0.1, -0.05) is 11.6 Å². The molecule has 1 heterocycles. The van der Waals surface area contributed by atoms with Crippen LogP contribution in [0, 0.1) is 19.8 Å². The van der Waals surface area contributed by atoms with Gasteiger partial charge in [-0.3, -0.25) is 14.4 Å². The Bertz CT molecular complexity index is 986. The van der Waals surface area contributed by atoms with E-state index in [1.54, 1.807) is 0 Å². The van der Waals surface area contributed by atoms with Crippen LogP contribution in [-0.4, -0.2) is 33.0 Å². The molecule has 1 fully saturated rings. The summed E-state index contributed by atoms with van der Waals surface area (Å²) in [5.74, 6) is -1.39. The summed E-state index contributed by atoms with van der Waals surface area (Å²) >= 11 is 5.86. The number of benzene rings is 1. The molecule has 2 aromatic rings. The highest BCUT2D eigenvalue weighted by atomic mass is 35.5. The summed E-state index contributed by atoms with van der Waals surface area (Å²) in [6.07, 6.45) is 3.19. The third-order valence-electron chi connectivity index (χ3n) is 5.16. The Morgan fingerprint density at radius 1 is 1.13 bits per heavy atom. The van der Waals surface area contributed by atoms with E-state index in [9.17, 15) is 14.4 Å². The third kappa shape index (κ3) is 4.75. The second kappa shape index (κ2) is 8.26. The number of carbonyl (C=O) groups is 3. The molecule has 7 heteroatoms.